The number of pyridine rings is 1. The minimum absolute atomic E-state index is 0.162. The van der Waals surface area contributed by atoms with Crippen LogP contribution < -0.4 is 16.6 Å². The van der Waals surface area contributed by atoms with Crippen LogP contribution in [-0.2, 0) is 13.1 Å². The van der Waals surface area contributed by atoms with Crippen molar-refractivity contribution in [3.8, 4) is 0 Å². The highest BCUT2D eigenvalue weighted by Gasteiger charge is 2.17. The fourth-order valence-electron chi connectivity index (χ4n) is 2.94. The topological polar surface area (TPSA) is 68.9 Å². The molecule has 0 amide bonds. The summed E-state index contributed by atoms with van der Waals surface area (Å²) in [7, 11) is 0. The number of hydrogen-bond acceptors (Lipinski definition) is 4. The minimum atomic E-state index is -0.335. The molecule has 0 radical (unpaired) electrons. The molecule has 0 spiro atoms. The number of nitrogens with zero attached hydrogens (tertiary/aromatic N) is 3. The van der Waals surface area contributed by atoms with Crippen LogP contribution in [0, 0.1) is 0 Å². The van der Waals surface area contributed by atoms with Crippen LogP contribution in [0.3, 0.4) is 0 Å². The summed E-state index contributed by atoms with van der Waals surface area (Å²) in [6, 6.07) is 11.6. The van der Waals surface area contributed by atoms with E-state index in [1.54, 1.807) is 23.8 Å². The number of aromatic nitrogens is 3. The predicted molar refractivity (Wildman–Crippen MR) is 100 cm³/mol. The molecule has 0 bridgehead atoms. The van der Waals surface area contributed by atoms with Crippen molar-refractivity contribution in [3.63, 3.8) is 0 Å². The Kier molecular flexibility index (Phi) is 4.70. The fourth-order valence-corrected chi connectivity index (χ4v) is 2.94. The molecular weight excluding hydrogens is 316 g/mol. The molecule has 1 N–H and O–H groups in total. The van der Waals surface area contributed by atoms with Crippen molar-refractivity contribution in [1.29, 1.82) is 0 Å². The van der Waals surface area contributed by atoms with Gasteiger partial charge >= 0.3 is 5.69 Å². The number of anilines is 1. The highest BCUT2D eigenvalue weighted by molar-refractivity contribution is 5.88. The minimum Gasteiger partial charge on any atom is -0.382 e. The highest BCUT2D eigenvalue weighted by Crippen LogP contribution is 2.18. The summed E-state index contributed by atoms with van der Waals surface area (Å²) in [6.07, 6.45) is 1.63. The van der Waals surface area contributed by atoms with Gasteiger partial charge in [-0.05, 0) is 32.4 Å². The molecule has 3 aromatic rings. The van der Waals surface area contributed by atoms with E-state index in [9.17, 15) is 9.59 Å². The lowest BCUT2D eigenvalue weighted by atomic mass is 10.2. The molecular formula is C19H22N4O2. The van der Waals surface area contributed by atoms with E-state index in [-0.39, 0.29) is 17.3 Å². The van der Waals surface area contributed by atoms with Crippen LogP contribution in [-0.4, -0.2) is 20.2 Å². The maximum absolute atomic E-state index is 12.9. The number of fused-ring (bicyclic) bond motifs is 1. The lowest BCUT2D eigenvalue weighted by Crippen LogP contribution is -2.40. The number of rotatable bonds is 5. The lowest BCUT2D eigenvalue weighted by Gasteiger charge is -2.16. The monoisotopic (exact) mass is 338 g/mol. The van der Waals surface area contributed by atoms with Crippen molar-refractivity contribution in [2.24, 2.45) is 0 Å². The van der Waals surface area contributed by atoms with Crippen molar-refractivity contribution in [1.82, 2.24) is 14.1 Å². The second kappa shape index (κ2) is 6.93. The molecule has 1 aromatic carbocycles. The van der Waals surface area contributed by atoms with Gasteiger partial charge in [-0.25, -0.2) is 9.78 Å². The maximum Gasteiger partial charge on any atom is 0.332 e. The standard InChI is InChI=1S/C19H22N4O2/c1-4-22-18(24)16-15(21-13(2)3)10-11-20-17(16)23(19(22)25)12-14-8-6-5-7-9-14/h5-11,13H,4,12H2,1-3H3,(H,20,21). The first-order chi connectivity index (χ1) is 12.0. The van der Waals surface area contributed by atoms with Gasteiger partial charge < -0.3 is 5.32 Å². The van der Waals surface area contributed by atoms with Crippen LogP contribution in [0.25, 0.3) is 11.0 Å². The first-order valence-electron chi connectivity index (χ1n) is 8.45. The molecule has 0 aliphatic carbocycles. The average molecular weight is 338 g/mol. The Morgan fingerprint density at radius 2 is 1.80 bits per heavy atom. The smallest absolute Gasteiger partial charge is 0.332 e. The van der Waals surface area contributed by atoms with Crippen molar-refractivity contribution < 1.29 is 0 Å². The molecule has 0 saturated carbocycles. The number of nitrogens with one attached hydrogen (secondary N) is 1. The molecule has 0 unspecified atom stereocenters. The molecule has 0 aliphatic heterocycles. The zero-order chi connectivity index (χ0) is 18.0. The third-order valence-electron chi connectivity index (χ3n) is 4.05. The summed E-state index contributed by atoms with van der Waals surface area (Å²) in [4.78, 5) is 30.0. The molecule has 6 nitrogen and oxygen atoms in total. The quantitative estimate of drug-likeness (QED) is 0.776. The van der Waals surface area contributed by atoms with E-state index < -0.39 is 0 Å². The van der Waals surface area contributed by atoms with Crippen LogP contribution in [0.2, 0.25) is 0 Å². The van der Waals surface area contributed by atoms with Crippen molar-refractivity contribution >= 4 is 16.7 Å². The molecule has 25 heavy (non-hydrogen) atoms. The lowest BCUT2D eigenvalue weighted by molar-refractivity contribution is 0.615. The highest BCUT2D eigenvalue weighted by atomic mass is 16.2. The van der Waals surface area contributed by atoms with E-state index in [0.29, 0.717) is 29.8 Å². The maximum atomic E-state index is 12.9. The Labute approximate surface area is 145 Å². The van der Waals surface area contributed by atoms with Crippen LogP contribution in [0.15, 0.2) is 52.2 Å². The molecule has 0 atom stereocenters. The summed E-state index contributed by atoms with van der Waals surface area (Å²) in [5.41, 5.74) is 1.46. The zero-order valence-electron chi connectivity index (χ0n) is 14.7. The zero-order valence-corrected chi connectivity index (χ0v) is 14.7. The van der Waals surface area contributed by atoms with Crippen molar-refractivity contribution in [2.75, 3.05) is 5.32 Å². The second-order valence-corrected chi connectivity index (χ2v) is 6.26. The summed E-state index contributed by atoms with van der Waals surface area (Å²) < 4.78 is 2.83. The average Bonchev–Trinajstić information content (AvgIpc) is 2.59. The summed E-state index contributed by atoms with van der Waals surface area (Å²) in [5.74, 6) is 0. The molecule has 3 rings (SSSR count). The van der Waals surface area contributed by atoms with E-state index in [1.807, 2.05) is 44.2 Å². The Bertz CT molecular complexity index is 1000. The first kappa shape index (κ1) is 17.0. The van der Waals surface area contributed by atoms with Gasteiger partial charge in [0.2, 0.25) is 0 Å². The van der Waals surface area contributed by atoms with Crippen LogP contribution >= 0.6 is 0 Å². The first-order valence-corrected chi connectivity index (χ1v) is 8.45. The SMILES string of the molecule is CCn1c(=O)c2c(NC(C)C)ccnc2n(Cc2ccccc2)c1=O. The molecule has 130 valence electrons. The van der Waals surface area contributed by atoms with Crippen molar-refractivity contribution in [3.05, 3.63) is 69.0 Å². The van der Waals surface area contributed by atoms with Gasteiger partial charge in [-0.15, -0.1) is 0 Å². The molecule has 0 saturated heterocycles. The Hall–Kier alpha value is -2.89. The van der Waals surface area contributed by atoms with Gasteiger partial charge in [0.25, 0.3) is 5.56 Å². The molecule has 2 heterocycles. The predicted octanol–water partition coefficient (Wildman–Crippen LogP) is 2.45. The van der Waals surface area contributed by atoms with Gasteiger partial charge in [-0.2, -0.15) is 0 Å². The summed E-state index contributed by atoms with van der Waals surface area (Å²) >= 11 is 0. The summed E-state index contributed by atoms with van der Waals surface area (Å²) in [6.45, 7) is 6.50. The summed E-state index contributed by atoms with van der Waals surface area (Å²) in [5, 5.41) is 3.73. The van der Waals surface area contributed by atoms with Gasteiger partial charge in [0.05, 0.1) is 12.2 Å². The Morgan fingerprint density at radius 1 is 1.08 bits per heavy atom. The molecule has 0 fully saturated rings. The second-order valence-electron chi connectivity index (χ2n) is 6.26. The fraction of sp³-hybridized carbons (Fsp3) is 0.316. The van der Waals surface area contributed by atoms with E-state index in [1.165, 1.54) is 4.57 Å². The van der Waals surface area contributed by atoms with Gasteiger partial charge in [0, 0.05) is 18.8 Å². The van der Waals surface area contributed by atoms with E-state index in [2.05, 4.69) is 10.3 Å². The van der Waals surface area contributed by atoms with Gasteiger partial charge in [-0.3, -0.25) is 13.9 Å². The van der Waals surface area contributed by atoms with Crippen molar-refractivity contribution in [2.45, 2.75) is 39.9 Å². The number of benzene rings is 1. The van der Waals surface area contributed by atoms with Gasteiger partial charge in [-0.1, -0.05) is 30.3 Å². The van der Waals surface area contributed by atoms with E-state index in [0.717, 1.165) is 5.56 Å². The van der Waals surface area contributed by atoms with E-state index >= 15 is 0 Å². The van der Waals surface area contributed by atoms with Gasteiger partial charge in [0.1, 0.15) is 5.39 Å². The van der Waals surface area contributed by atoms with Gasteiger partial charge in [0.15, 0.2) is 5.65 Å². The Balaban J connectivity index is 2.32. The molecule has 6 heteroatoms. The van der Waals surface area contributed by atoms with Crippen LogP contribution in [0.4, 0.5) is 5.69 Å². The molecule has 2 aromatic heterocycles. The number of hydrogen-bond donors (Lipinski definition) is 1. The third-order valence-corrected chi connectivity index (χ3v) is 4.05. The third kappa shape index (κ3) is 3.20. The van der Waals surface area contributed by atoms with E-state index in [4.69, 9.17) is 0 Å². The van der Waals surface area contributed by atoms with Crippen LogP contribution in [0.1, 0.15) is 26.3 Å². The normalized spacial score (nSPS) is 11.2. The molecule has 0 aliphatic rings. The Morgan fingerprint density at radius 3 is 2.44 bits per heavy atom. The largest absolute Gasteiger partial charge is 0.382 e. The van der Waals surface area contributed by atoms with Crippen LogP contribution in [0.5, 0.6) is 0 Å².